The molecule has 0 saturated heterocycles. The Morgan fingerprint density at radius 1 is 1.04 bits per heavy atom. The van der Waals surface area contributed by atoms with Gasteiger partial charge in [0.05, 0.1) is 21.4 Å². The Morgan fingerprint density at radius 3 is 2.58 bits per heavy atom. The lowest BCUT2D eigenvalue weighted by Crippen LogP contribution is -2.04. The summed E-state index contributed by atoms with van der Waals surface area (Å²) in [5, 5.41) is 17.4. The van der Waals surface area contributed by atoms with Crippen LogP contribution in [0.5, 0.6) is 0 Å². The molecule has 0 radical (unpaired) electrons. The third-order valence-corrected chi connectivity index (χ3v) is 4.08. The van der Waals surface area contributed by atoms with Crippen molar-refractivity contribution in [2.75, 3.05) is 5.43 Å². The van der Waals surface area contributed by atoms with E-state index in [1.165, 1.54) is 0 Å². The number of hydrogen-bond acceptors (Lipinski definition) is 5. The molecule has 2 aromatic carbocycles. The van der Waals surface area contributed by atoms with Gasteiger partial charge in [-0.1, -0.05) is 34.8 Å². The average Bonchev–Trinajstić information content (AvgIpc) is 3.04. The molecule has 3 aromatic rings. The summed E-state index contributed by atoms with van der Waals surface area (Å²) in [6.45, 7) is 0. The van der Waals surface area contributed by atoms with E-state index in [2.05, 4.69) is 26.1 Å². The second-order valence-electron chi connectivity index (χ2n) is 4.74. The van der Waals surface area contributed by atoms with Crippen molar-refractivity contribution in [1.82, 2.24) is 20.2 Å². The zero-order valence-corrected chi connectivity index (χ0v) is 14.5. The van der Waals surface area contributed by atoms with Gasteiger partial charge in [-0.25, -0.2) is 0 Å². The van der Waals surface area contributed by atoms with Crippen LogP contribution in [-0.2, 0) is 6.42 Å². The molecule has 0 unspecified atom stereocenters. The highest BCUT2D eigenvalue weighted by Gasteiger charge is 2.08. The number of halogens is 3. The van der Waals surface area contributed by atoms with E-state index < -0.39 is 0 Å². The molecule has 0 aliphatic carbocycles. The highest BCUT2D eigenvalue weighted by atomic mass is 35.5. The van der Waals surface area contributed by atoms with Crippen LogP contribution in [0.25, 0.3) is 5.69 Å². The summed E-state index contributed by atoms with van der Waals surface area (Å²) in [4.78, 5) is 0. The first kappa shape index (κ1) is 16.7. The van der Waals surface area contributed by atoms with Gasteiger partial charge in [-0.15, -0.1) is 5.10 Å². The number of hydrogen-bond donors (Lipinski definition) is 1. The van der Waals surface area contributed by atoms with E-state index in [0.717, 1.165) is 11.4 Å². The fourth-order valence-corrected chi connectivity index (χ4v) is 2.34. The third kappa shape index (κ3) is 4.03. The molecule has 24 heavy (non-hydrogen) atoms. The molecule has 1 aromatic heterocycles. The number of hydrazone groups is 1. The number of anilines is 1. The lowest BCUT2D eigenvalue weighted by Gasteiger charge is -2.04. The first-order valence-corrected chi connectivity index (χ1v) is 8.02. The molecule has 0 amide bonds. The molecule has 1 heterocycles. The van der Waals surface area contributed by atoms with Crippen LogP contribution in [0, 0.1) is 0 Å². The van der Waals surface area contributed by atoms with Gasteiger partial charge in [0, 0.05) is 17.7 Å². The van der Waals surface area contributed by atoms with E-state index in [-0.39, 0.29) is 0 Å². The Bertz CT molecular complexity index is 860. The van der Waals surface area contributed by atoms with Gasteiger partial charge in [-0.2, -0.15) is 9.78 Å². The fourth-order valence-electron chi connectivity index (χ4n) is 1.92. The van der Waals surface area contributed by atoms with E-state index >= 15 is 0 Å². The third-order valence-electron chi connectivity index (χ3n) is 3.08. The molecule has 0 aliphatic rings. The Morgan fingerprint density at radius 2 is 1.83 bits per heavy atom. The maximum absolute atomic E-state index is 6.03. The molecule has 0 saturated carbocycles. The van der Waals surface area contributed by atoms with Crippen molar-refractivity contribution in [2.45, 2.75) is 6.42 Å². The minimum absolute atomic E-state index is 0.438. The molecule has 122 valence electrons. The van der Waals surface area contributed by atoms with Gasteiger partial charge in [0.15, 0.2) is 5.82 Å². The Labute approximate surface area is 153 Å². The molecule has 6 nitrogen and oxygen atoms in total. The normalized spacial score (nSPS) is 11.1. The van der Waals surface area contributed by atoms with Crippen molar-refractivity contribution < 1.29 is 0 Å². The zero-order valence-electron chi connectivity index (χ0n) is 12.2. The molecule has 0 fully saturated rings. The molecule has 0 bridgehead atoms. The van der Waals surface area contributed by atoms with Gasteiger partial charge >= 0.3 is 0 Å². The smallest absolute Gasteiger partial charge is 0.162 e. The van der Waals surface area contributed by atoms with Crippen LogP contribution in [0.1, 0.15) is 5.82 Å². The Kier molecular flexibility index (Phi) is 5.30. The summed E-state index contributed by atoms with van der Waals surface area (Å²) in [5.41, 5.74) is 4.46. The van der Waals surface area contributed by atoms with Gasteiger partial charge in [0.2, 0.25) is 0 Å². The minimum Gasteiger partial charge on any atom is -0.279 e. The monoisotopic (exact) mass is 380 g/mol. The summed E-state index contributed by atoms with van der Waals surface area (Å²) in [7, 11) is 0. The van der Waals surface area contributed by atoms with Crippen molar-refractivity contribution in [3.8, 4) is 5.69 Å². The number of benzene rings is 2. The van der Waals surface area contributed by atoms with E-state index in [4.69, 9.17) is 34.8 Å². The van der Waals surface area contributed by atoms with Gasteiger partial charge in [0.25, 0.3) is 0 Å². The first-order chi connectivity index (χ1) is 11.6. The summed E-state index contributed by atoms with van der Waals surface area (Å²) in [6, 6.07) is 12.4. The average molecular weight is 382 g/mol. The van der Waals surface area contributed by atoms with Gasteiger partial charge in [-0.3, -0.25) is 5.43 Å². The number of rotatable bonds is 5. The van der Waals surface area contributed by atoms with Gasteiger partial charge in [0.1, 0.15) is 0 Å². The number of nitrogens with zero attached hydrogens (tertiary/aromatic N) is 5. The molecule has 9 heteroatoms. The standard InChI is InChI=1S/C15H11Cl3N6/c16-10-1-3-11(4-2-10)20-19-8-7-15-21-22-23-24(15)12-5-6-13(17)14(18)9-12/h1-6,8-9,20H,7H2. The predicted octanol–water partition coefficient (Wildman–Crippen LogP) is 4.26. The van der Waals surface area contributed by atoms with Crippen LogP contribution in [0.4, 0.5) is 5.69 Å². The minimum atomic E-state index is 0.438. The summed E-state index contributed by atoms with van der Waals surface area (Å²) < 4.78 is 1.58. The van der Waals surface area contributed by atoms with Crippen molar-refractivity contribution in [2.24, 2.45) is 5.10 Å². The lowest BCUT2D eigenvalue weighted by atomic mass is 10.3. The molecule has 3 rings (SSSR count). The van der Waals surface area contributed by atoms with Gasteiger partial charge in [-0.05, 0) is 52.9 Å². The van der Waals surface area contributed by atoms with Crippen molar-refractivity contribution >= 4 is 46.7 Å². The molecule has 0 atom stereocenters. The quantitative estimate of drug-likeness (QED) is 0.529. The van der Waals surface area contributed by atoms with Crippen molar-refractivity contribution in [3.05, 3.63) is 63.4 Å². The van der Waals surface area contributed by atoms with Gasteiger partial charge < -0.3 is 0 Å². The van der Waals surface area contributed by atoms with Crippen molar-refractivity contribution in [3.63, 3.8) is 0 Å². The van der Waals surface area contributed by atoms with Crippen LogP contribution in [0.15, 0.2) is 47.6 Å². The molecular formula is C15H11Cl3N6. The fraction of sp³-hybridized carbons (Fsp3) is 0.0667. The predicted molar refractivity (Wildman–Crippen MR) is 96.4 cm³/mol. The molecule has 0 aliphatic heterocycles. The first-order valence-electron chi connectivity index (χ1n) is 6.89. The SMILES string of the molecule is Clc1ccc(NN=CCc2nnnn2-c2ccc(Cl)c(Cl)c2)cc1. The van der Waals surface area contributed by atoms with E-state index in [1.54, 1.807) is 41.2 Å². The summed E-state index contributed by atoms with van der Waals surface area (Å²) >= 11 is 17.8. The lowest BCUT2D eigenvalue weighted by molar-refractivity contribution is 0.776. The topological polar surface area (TPSA) is 68.0 Å². The molecular weight excluding hydrogens is 371 g/mol. The summed E-state index contributed by atoms with van der Waals surface area (Å²) in [6.07, 6.45) is 2.11. The maximum atomic E-state index is 6.03. The van der Waals surface area contributed by atoms with Crippen LogP contribution in [0.2, 0.25) is 15.1 Å². The van der Waals surface area contributed by atoms with E-state index in [9.17, 15) is 0 Å². The number of aromatic nitrogens is 4. The second-order valence-corrected chi connectivity index (χ2v) is 5.99. The van der Waals surface area contributed by atoms with Crippen LogP contribution in [0.3, 0.4) is 0 Å². The van der Waals surface area contributed by atoms with Crippen LogP contribution < -0.4 is 5.43 Å². The number of nitrogens with one attached hydrogen (secondary N) is 1. The van der Waals surface area contributed by atoms with Crippen LogP contribution in [-0.4, -0.2) is 26.4 Å². The Balaban J connectivity index is 1.68. The largest absolute Gasteiger partial charge is 0.279 e. The van der Waals surface area contributed by atoms with E-state index in [0.29, 0.717) is 27.3 Å². The zero-order chi connectivity index (χ0) is 16.9. The van der Waals surface area contributed by atoms with Crippen LogP contribution >= 0.6 is 34.8 Å². The summed E-state index contributed by atoms with van der Waals surface area (Å²) in [5.74, 6) is 0.620. The molecule has 1 N–H and O–H groups in total. The molecule has 0 spiro atoms. The van der Waals surface area contributed by atoms with E-state index in [1.807, 2.05) is 12.1 Å². The Hall–Kier alpha value is -2.15. The highest BCUT2D eigenvalue weighted by molar-refractivity contribution is 6.42. The maximum Gasteiger partial charge on any atom is 0.162 e. The highest BCUT2D eigenvalue weighted by Crippen LogP contribution is 2.24. The number of tetrazole rings is 1. The van der Waals surface area contributed by atoms with Crippen molar-refractivity contribution in [1.29, 1.82) is 0 Å². The second kappa shape index (κ2) is 7.61.